The number of benzene rings is 2. The summed E-state index contributed by atoms with van der Waals surface area (Å²) in [5.41, 5.74) is 0.0861. The summed E-state index contributed by atoms with van der Waals surface area (Å²) >= 11 is 1.45. The molecule has 0 aliphatic rings. The topological polar surface area (TPSA) is 119 Å². The highest BCUT2D eigenvalue weighted by atomic mass is 32.2. The van der Waals surface area contributed by atoms with Crippen LogP contribution < -0.4 is 5.32 Å². The number of halogens is 1. The molecule has 2 amide bonds. The van der Waals surface area contributed by atoms with Crippen LogP contribution in [0.4, 0.5) is 10.1 Å². The molecule has 0 radical (unpaired) electrons. The van der Waals surface area contributed by atoms with Gasteiger partial charge in [-0.1, -0.05) is 24.3 Å². The first-order chi connectivity index (χ1) is 15.7. The Labute approximate surface area is 194 Å². The second kappa shape index (κ2) is 12.5. The Morgan fingerprint density at radius 3 is 2.61 bits per heavy atom. The molecule has 0 heterocycles. The van der Waals surface area contributed by atoms with Crippen LogP contribution >= 0.6 is 11.8 Å². The van der Waals surface area contributed by atoms with Gasteiger partial charge in [-0.3, -0.25) is 19.7 Å². The lowest BCUT2D eigenvalue weighted by molar-refractivity contribution is -0.384. The summed E-state index contributed by atoms with van der Waals surface area (Å²) in [6.07, 6.45) is 2.06. The van der Waals surface area contributed by atoms with Crippen molar-refractivity contribution < 1.29 is 28.4 Å². The first-order valence-corrected chi connectivity index (χ1v) is 11.3. The van der Waals surface area contributed by atoms with Crippen molar-refractivity contribution in [2.75, 3.05) is 25.7 Å². The molecule has 2 aromatic carbocycles. The number of esters is 1. The standard InChI is InChI=1S/C22H24FN3O6S/c1-25(13-16-6-3-4-9-18(16)23)20(27)14-32-22(29)19(10-11-33-2)24-21(28)15-7-5-8-17(12-15)26(30)31/h3-9,12,19H,10-11,13-14H2,1-2H3,(H,24,28). The summed E-state index contributed by atoms with van der Waals surface area (Å²) in [5.74, 6) is -1.95. The largest absolute Gasteiger partial charge is 0.454 e. The molecule has 9 nitrogen and oxygen atoms in total. The van der Waals surface area contributed by atoms with Crippen LogP contribution in [0.15, 0.2) is 48.5 Å². The second-order valence-corrected chi connectivity index (χ2v) is 8.05. The Balaban J connectivity index is 1.98. The first-order valence-electron chi connectivity index (χ1n) is 9.91. The summed E-state index contributed by atoms with van der Waals surface area (Å²) in [5, 5.41) is 13.4. The van der Waals surface area contributed by atoms with Gasteiger partial charge in [-0.2, -0.15) is 11.8 Å². The molecule has 1 N–H and O–H groups in total. The van der Waals surface area contributed by atoms with E-state index in [0.717, 1.165) is 6.07 Å². The van der Waals surface area contributed by atoms with Crippen molar-refractivity contribution in [1.29, 1.82) is 0 Å². The van der Waals surface area contributed by atoms with Gasteiger partial charge in [-0.15, -0.1) is 0 Å². The highest BCUT2D eigenvalue weighted by molar-refractivity contribution is 7.98. The fourth-order valence-electron chi connectivity index (χ4n) is 2.80. The predicted octanol–water partition coefficient (Wildman–Crippen LogP) is 2.79. The lowest BCUT2D eigenvalue weighted by atomic mass is 10.1. The zero-order chi connectivity index (χ0) is 24.4. The van der Waals surface area contributed by atoms with E-state index < -0.39 is 41.2 Å². The van der Waals surface area contributed by atoms with E-state index in [9.17, 15) is 28.9 Å². The number of nitro groups is 1. The van der Waals surface area contributed by atoms with Gasteiger partial charge in [0.1, 0.15) is 11.9 Å². The zero-order valence-electron chi connectivity index (χ0n) is 18.2. The molecule has 11 heteroatoms. The van der Waals surface area contributed by atoms with Crippen LogP contribution in [0.25, 0.3) is 0 Å². The molecule has 0 aliphatic heterocycles. The third-order valence-corrected chi connectivity index (χ3v) is 5.29. The molecule has 1 unspecified atom stereocenters. The van der Waals surface area contributed by atoms with Crippen molar-refractivity contribution in [2.24, 2.45) is 0 Å². The quantitative estimate of drug-likeness (QED) is 0.300. The number of carbonyl (C=O) groups is 3. The summed E-state index contributed by atoms with van der Waals surface area (Å²) in [7, 11) is 1.46. The van der Waals surface area contributed by atoms with Gasteiger partial charge in [0, 0.05) is 36.9 Å². The fraction of sp³-hybridized carbons (Fsp3) is 0.318. The van der Waals surface area contributed by atoms with E-state index in [1.165, 1.54) is 48.0 Å². The highest BCUT2D eigenvalue weighted by Crippen LogP contribution is 2.14. The monoisotopic (exact) mass is 477 g/mol. The smallest absolute Gasteiger partial charge is 0.329 e. The van der Waals surface area contributed by atoms with E-state index in [4.69, 9.17) is 4.74 Å². The number of carbonyl (C=O) groups excluding carboxylic acids is 3. The minimum absolute atomic E-state index is 0.00246. The maximum absolute atomic E-state index is 13.8. The highest BCUT2D eigenvalue weighted by Gasteiger charge is 2.25. The maximum Gasteiger partial charge on any atom is 0.329 e. The Kier molecular flexibility index (Phi) is 9.80. The van der Waals surface area contributed by atoms with E-state index in [0.29, 0.717) is 11.3 Å². The molecule has 0 fully saturated rings. The van der Waals surface area contributed by atoms with E-state index in [-0.39, 0.29) is 24.2 Å². The average molecular weight is 478 g/mol. The van der Waals surface area contributed by atoms with Crippen LogP contribution in [0.2, 0.25) is 0 Å². The molecule has 0 spiro atoms. The Morgan fingerprint density at radius 2 is 1.94 bits per heavy atom. The van der Waals surface area contributed by atoms with Crippen LogP contribution in [-0.2, 0) is 20.9 Å². The van der Waals surface area contributed by atoms with E-state index in [2.05, 4.69) is 5.32 Å². The number of ether oxygens (including phenoxy) is 1. The Morgan fingerprint density at radius 1 is 1.21 bits per heavy atom. The van der Waals surface area contributed by atoms with Crippen LogP contribution in [0.1, 0.15) is 22.3 Å². The molecule has 176 valence electrons. The Hall–Kier alpha value is -3.47. The number of amides is 2. The first kappa shape index (κ1) is 25.8. The van der Waals surface area contributed by atoms with Gasteiger partial charge in [0.2, 0.25) is 0 Å². The number of nitro benzene ring substituents is 1. The summed E-state index contributed by atoms with van der Waals surface area (Å²) in [4.78, 5) is 48.9. The summed E-state index contributed by atoms with van der Waals surface area (Å²) in [6.45, 7) is -0.575. The molecule has 1 atom stereocenters. The molecule has 33 heavy (non-hydrogen) atoms. The van der Waals surface area contributed by atoms with Crippen molar-refractivity contribution in [3.05, 3.63) is 75.6 Å². The molecule has 2 rings (SSSR count). The molecule has 0 saturated heterocycles. The number of nitrogens with zero attached hydrogens (tertiary/aromatic N) is 2. The van der Waals surface area contributed by atoms with Crippen molar-refractivity contribution in [1.82, 2.24) is 10.2 Å². The van der Waals surface area contributed by atoms with Crippen LogP contribution in [-0.4, -0.2) is 59.3 Å². The Bertz CT molecular complexity index is 1020. The van der Waals surface area contributed by atoms with Crippen molar-refractivity contribution in [2.45, 2.75) is 19.0 Å². The van der Waals surface area contributed by atoms with Gasteiger partial charge in [0.05, 0.1) is 4.92 Å². The lowest BCUT2D eigenvalue weighted by Crippen LogP contribution is -2.43. The minimum atomic E-state index is -1.05. The molecular formula is C22H24FN3O6S. The number of rotatable bonds is 11. The average Bonchev–Trinajstić information content (AvgIpc) is 2.81. The molecular weight excluding hydrogens is 453 g/mol. The van der Waals surface area contributed by atoms with E-state index in [1.54, 1.807) is 18.2 Å². The van der Waals surface area contributed by atoms with E-state index >= 15 is 0 Å². The van der Waals surface area contributed by atoms with Crippen LogP contribution in [0, 0.1) is 15.9 Å². The van der Waals surface area contributed by atoms with Gasteiger partial charge in [0.15, 0.2) is 6.61 Å². The van der Waals surface area contributed by atoms with Gasteiger partial charge in [-0.05, 0) is 30.6 Å². The summed E-state index contributed by atoms with van der Waals surface area (Å²) < 4.78 is 18.9. The molecule has 0 aliphatic carbocycles. The fourth-order valence-corrected chi connectivity index (χ4v) is 3.27. The number of non-ortho nitro benzene ring substituents is 1. The number of thioether (sulfide) groups is 1. The third kappa shape index (κ3) is 7.86. The maximum atomic E-state index is 13.8. The second-order valence-electron chi connectivity index (χ2n) is 7.06. The van der Waals surface area contributed by atoms with Gasteiger partial charge in [0.25, 0.3) is 17.5 Å². The number of hydrogen-bond donors (Lipinski definition) is 1. The van der Waals surface area contributed by atoms with Crippen molar-refractivity contribution in [3.8, 4) is 0 Å². The SMILES string of the molecule is CSCCC(NC(=O)c1cccc([N+](=O)[O-])c1)C(=O)OCC(=O)N(C)Cc1ccccc1F. The van der Waals surface area contributed by atoms with Gasteiger partial charge in [-0.25, -0.2) is 9.18 Å². The van der Waals surface area contributed by atoms with E-state index in [1.807, 2.05) is 6.26 Å². The number of nitrogens with one attached hydrogen (secondary N) is 1. The number of hydrogen-bond acceptors (Lipinski definition) is 7. The summed E-state index contributed by atoms with van der Waals surface area (Å²) in [6, 6.07) is 10.1. The molecule has 0 aromatic heterocycles. The van der Waals surface area contributed by atoms with Gasteiger partial charge >= 0.3 is 5.97 Å². The van der Waals surface area contributed by atoms with Gasteiger partial charge < -0.3 is 15.0 Å². The van der Waals surface area contributed by atoms with Crippen LogP contribution in [0.3, 0.4) is 0 Å². The number of likely N-dealkylation sites (N-methyl/N-ethyl adjacent to an activating group) is 1. The van der Waals surface area contributed by atoms with Crippen LogP contribution in [0.5, 0.6) is 0 Å². The third-order valence-electron chi connectivity index (χ3n) is 4.65. The molecule has 0 bridgehead atoms. The van der Waals surface area contributed by atoms with Crippen molar-refractivity contribution in [3.63, 3.8) is 0 Å². The lowest BCUT2D eigenvalue weighted by Gasteiger charge is -2.20. The van der Waals surface area contributed by atoms with Crippen molar-refractivity contribution >= 4 is 35.2 Å². The predicted molar refractivity (Wildman–Crippen MR) is 121 cm³/mol. The normalized spacial score (nSPS) is 11.4. The molecule has 2 aromatic rings. The molecule has 0 saturated carbocycles. The zero-order valence-corrected chi connectivity index (χ0v) is 19.0. The minimum Gasteiger partial charge on any atom is -0.454 e.